The normalized spacial score (nSPS) is 14.2. The summed E-state index contributed by atoms with van der Waals surface area (Å²) in [4.78, 5) is 26.2. The second-order valence-electron chi connectivity index (χ2n) is 6.59. The number of nitrogens with zero attached hydrogens (tertiary/aromatic N) is 1. The molecule has 2 N–H and O–H groups in total. The lowest BCUT2D eigenvalue weighted by Gasteiger charge is -2.29. The molecule has 4 rings (SSSR count). The fraction of sp³-hybridized carbons (Fsp3) is 0.200. The van der Waals surface area contributed by atoms with Gasteiger partial charge in [-0.2, -0.15) is 0 Å². The van der Waals surface area contributed by atoms with Crippen molar-refractivity contribution < 1.29 is 14.0 Å². The molecule has 0 aliphatic carbocycles. The van der Waals surface area contributed by atoms with Gasteiger partial charge < -0.3 is 20.0 Å². The van der Waals surface area contributed by atoms with E-state index in [-0.39, 0.29) is 24.1 Å². The van der Waals surface area contributed by atoms with E-state index in [9.17, 15) is 9.59 Å². The molecule has 1 aliphatic rings. The molecule has 2 amide bonds. The minimum atomic E-state index is -0.369. The van der Waals surface area contributed by atoms with Crippen molar-refractivity contribution in [3.8, 4) is 0 Å². The number of carbonyl (C=O) groups is 2. The lowest BCUT2D eigenvalue weighted by Crippen LogP contribution is -2.47. The number of furan rings is 1. The highest BCUT2D eigenvalue weighted by atomic mass is 35.5. The van der Waals surface area contributed by atoms with E-state index in [0.717, 1.165) is 16.6 Å². The Balaban J connectivity index is 1.56. The molecule has 0 bridgehead atoms. The molecule has 2 heterocycles. The Labute approximate surface area is 171 Å². The van der Waals surface area contributed by atoms with E-state index in [2.05, 4.69) is 10.6 Å². The maximum absolute atomic E-state index is 12.7. The third kappa shape index (κ3) is 3.53. The molecule has 8 heteroatoms. The highest BCUT2D eigenvalue weighted by molar-refractivity contribution is 6.33. The van der Waals surface area contributed by atoms with Gasteiger partial charge in [0.1, 0.15) is 5.58 Å². The van der Waals surface area contributed by atoms with Gasteiger partial charge in [-0.05, 0) is 43.3 Å². The molecule has 6 nitrogen and oxygen atoms in total. The Morgan fingerprint density at radius 3 is 2.79 bits per heavy atom. The molecule has 1 saturated heterocycles. The van der Waals surface area contributed by atoms with Crippen molar-refractivity contribution in [2.75, 3.05) is 29.9 Å². The number of aryl methyl sites for hydroxylation is 1. The van der Waals surface area contributed by atoms with E-state index in [0.29, 0.717) is 34.4 Å². The molecule has 0 saturated carbocycles. The van der Waals surface area contributed by atoms with Gasteiger partial charge >= 0.3 is 0 Å². The van der Waals surface area contributed by atoms with Crippen LogP contribution in [0.4, 0.5) is 11.4 Å². The van der Waals surface area contributed by atoms with Gasteiger partial charge in [-0.25, -0.2) is 0 Å². The van der Waals surface area contributed by atoms with Gasteiger partial charge in [-0.1, -0.05) is 23.2 Å². The van der Waals surface area contributed by atoms with E-state index in [4.69, 9.17) is 27.6 Å². The first kappa shape index (κ1) is 18.7. The molecular formula is C20H17Cl2N3O3. The second-order valence-corrected chi connectivity index (χ2v) is 7.43. The van der Waals surface area contributed by atoms with Crippen molar-refractivity contribution in [2.45, 2.75) is 6.92 Å². The molecule has 3 aromatic rings. The first-order valence-corrected chi connectivity index (χ1v) is 9.49. The predicted molar refractivity (Wildman–Crippen MR) is 111 cm³/mol. The van der Waals surface area contributed by atoms with Crippen LogP contribution < -0.4 is 15.5 Å². The molecule has 1 aromatic heterocycles. The summed E-state index contributed by atoms with van der Waals surface area (Å²) in [6.45, 7) is 3.32. The summed E-state index contributed by atoms with van der Waals surface area (Å²) in [6, 6.07) is 10.4. The molecule has 1 aliphatic heterocycles. The lowest BCUT2D eigenvalue weighted by molar-refractivity contribution is -0.120. The summed E-state index contributed by atoms with van der Waals surface area (Å²) in [5.41, 5.74) is 2.61. The van der Waals surface area contributed by atoms with Gasteiger partial charge in [0.05, 0.1) is 17.3 Å². The summed E-state index contributed by atoms with van der Waals surface area (Å²) in [5, 5.41) is 7.42. The molecule has 0 unspecified atom stereocenters. The predicted octanol–water partition coefficient (Wildman–Crippen LogP) is 4.24. The van der Waals surface area contributed by atoms with Crippen LogP contribution in [0.25, 0.3) is 11.0 Å². The van der Waals surface area contributed by atoms with Gasteiger partial charge in [-0.15, -0.1) is 0 Å². The van der Waals surface area contributed by atoms with Crippen molar-refractivity contribution in [1.82, 2.24) is 5.32 Å². The number of amides is 2. The Morgan fingerprint density at radius 1 is 1.21 bits per heavy atom. The largest absolute Gasteiger partial charge is 0.451 e. The average molecular weight is 418 g/mol. The molecule has 2 aromatic carbocycles. The number of carbonyl (C=O) groups excluding carboxylic acids is 2. The molecule has 28 heavy (non-hydrogen) atoms. The lowest BCUT2D eigenvalue weighted by atomic mass is 10.1. The number of hydrogen-bond donors (Lipinski definition) is 2. The van der Waals surface area contributed by atoms with E-state index < -0.39 is 0 Å². The summed E-state index contributed by atoms with van der Waals surface area (Å²) in [6.07, 6.45) is 0. The first-order chi connectivity index (χ1) is 13.4. The summed E-state index contributed by atoms with van der Waals surface area (Å²) < 4.78 is 5.69. The van der Waals surface area contributed by atoms with Gasteiger partial charge in [0, 0.05) is 34.7 Å². The molecule has 144 valence electrons. The third-order valence-electron chi connectivity index (χ3n) is 4.69. The van der Waals surface area contributed by atoms with Gasteiger partial charge in [-0.3, -0.25) is 9.59 Å². The average Bonchev–Trinajstić information content (AvgIpc) is 2.98. The molecular weight excluding hydrogens is 401 g/mol. The number of halogens is 2. The summed E-state index contributed by atoms with van der Waals surface area (Å²) >= 11 is 12.4. The second kappa shape index (κ2) is 7.37. The Morgan fingerprint density at radius 2 is 2.04 bits per heavy atom. The van der Waals surface area contributed by atoms with Crippen LogP contribution in [0.3, 0.4) is 0 Å². The number of hydrogen-bond acceptors (Lipinski definition) is 4. The van der Waals surface area contributed by atoms with Gasteiger partial charge in [0.2, 0.25) is 5.91 Å². The monoisotopic (exact) mass is 417 g/mol. The number of nitrogens with one attached hydrogen (secondary N) is 2. The quantitative estimate of drug-likeness (QED) is 0.668. The number of rotatable bonds is 3. The minimum Gasteiger partial charge on any atom is -0.451 e. The zero-order valence-corrected chi connectivity index (χ0v) is 16.5. The van der Waals surface area contributed by atoms with Crippen LogP contribution in [-0.4, -0.2) is 31.4 Å². The SMILES string of the molecule is Cc1c(C(=O)Nc2ccc(N3CCNC(=O)C3)c(Cl)c2)oc2ccc(Cl)cc12. The van der Waals surface area contributed by atoms with Crippen molar-refractivity contribution in [1.29, 1.82) is 0 Å². The summed E-state index contributed by atoms with van der Waals surface area (Å²) in [7, 11) is 0. The minimum absolute atomic E-state index is 0.0415. The Kier molecular flexibility index (Phi) is 4.91. The van der Waals surface area contributed by atoms with Gasteiger partial charge in [0.25, 0.3) is 5.91 Å². The van der Waals surface area contributed by atoms with Crippen molar-refractivity contribution >= 4 is 57.4 Å². The Bertz CT molecular complexity index is 1090. The highest BCUT2D eigenvalue weighted by Crippen LogP contribution is 2.31. The van der Waals surface area contributed by atoms with Crippen LogP contribution in [0.2, 0.25) is 10.0 Å². The molecule has 1 fully saturated rings. The Hall–Kier alpha value is -2.70. The van der Waals surface area contributed by atoms with E-state index in [1.807, 2.05) is 11.8 Å². The van der Waals surface area contributed by atoms with Crippen LogP contribution >= 0.6 is 23.2 Å². The maximum atomic E-state index is 12.7. The molecule has 0 atom stereocenters. The van der Waals surface area contributed by atoms with E-state index in [1.54, 1.807) is 36.4 Å². The van der Waals surface area contributed by atoms with Crippen molar-refractivity contribution in [2.24, 2.45) is 0 Å². The number of piperazine rings is 1. The fourth-order valence-electron chi connectivity index (χ4n) is 3.28. The van der Waals surface area contributed by atoms with Gasteiger partial charge in [0.15, 0.2) is 5.76 Å². The zero-order chi connectivity index (χ0) is 19.8. The number of anilines is 2. The summed E-state index contributed by atoms with van der Waals surface area (Å²) in [5.74, 6) is -0.184. The van der Waals surface area contributed by atoms with Crippen molar-refractivity contribution in [3.63, 3.8) is 0 Å². The van der Waals surface area contributed by atoms with Crippen LogP contribution in [-0.2, 0) is 4.79 Å². The first-order valence-electron chi connectivity index (χ1n) is 8.73. The standard InChI is InChI=1S/C20H17Cl2N3O3/c1-11-14-8-12(21)2-5-17(14)28-19(11)20(27)24-13-3-4-16(15(22)9-13)25-7-6-23-18(26)10-25/h2-5,8-9H,6-7,10H2,1H3,(H,23,26)(H,24,27). The number of fused-ring (bicyclic) bond motifs is 1. The highest BCUT2D eigenvalue weighted by Gasteiger charge is 2.21. The fourth-order valence-corrected chi connectivity index (χ4v) is 3.76. The molecule has 0 spiro atoms. The smallest absolute Gasteiger partial charge is 0.291 e. The van der Waals surface area contributed by atoms with E-state index >= 15 is 0 Å². The maximum Gasteiger partial charge on any atom is 0.291 e. The third-order valence-corrected chi connectivity index (χ3v) is 5.23. The van der Waals surface area contributed by atoms with E-state index in [1.165, 1.54) is 0 Å². The van der Waals surface area contributed by atoms with Crippen LogP contribution in [0.15, 0.2) is 40.8 Å². The molecule has 0 radical (unpaired) electrons. The number of benzene rings is 2. The van der Waals surface area contributed by atoms with Crippen molar-refractivity contribution in [3.05, 3.63) is 57.8 Å². The van der Waals surface area contributed by atoms with Crippen LogP contribution in [0, 0.1) is 6.92 Å². The van der Waals surface area contributed by atoms with Crippen LogP contribution in [0.1, 0.15) is 16.1 Å². The zero-order valence-electron chi connectivity index (χ0n) is 15.0. The topological polar surface area (TPSA) is 74.6 Å². The van der Waals surface area contributed by atoms with Crippen LogP contribution in [0.5, 0.6) is 0 Å².